The molecule has 1 aromatic rings. The van der Waals surface area contributed by atoms with Gasteiger partial charge in [0, 0.05) is 12.0 Å². The van der Waals surface area contributed by atoms with E-state index in [1.165, 1.54) is 10.4 Å². The molecule has 0 spiro atoms. The van der Waals surface area contributed by atoms with Crippen LogP contribution in [0, 0.1) is 12.8 Å². The van der Waals surface area contributed by atoms with Gasteiger partial charge in [0.1, 0.15) is 0 Å². The fourth-order valence-corrected chi connectivity index (χ4v) is 2.96. The van der Waals surface area contributed by atoms with Crippen molar-refractivity contribution < 1.29 is 4.74 Å². The molecule has 3 heteroatoms. The average Bonchev–Trinajstić information content (AvgIpc) is 2.70. The summed E-state index contributed by atoms with van der Waals surface area (Å²) in [6.07, 6.45) is 1.38. The van der Waals surface area contributed by atoms with Crippen LogP contribution < -0.4 is 5.32 Å². The van der Waals surface area contributed by atoms with Gasteiger partial charge in [-0.15, -0.1) is 11.3 Å². The topological polar surface area (TPSA) is 21.3 Å². The van der Waals surface area contributed by atoms with E-state index in [4.69, 9.17) is 4.74 Å². The molecule has 0 aromatic carbocycles. The molecule has 0 fully saturated rings. The van der Waals surface area contributed by atoms with Gasteiger partial charge in [0.05, 0.1) is 12.1 Å². The van der Waals surface area contributed by atoms with E-state index in [0.717, 1.165) is 13.0 Å². The maximum atomic E-state index is 5.69. The van der Waals surface area contributed by atoms with Gasteiger partial charge in [-0.1, -0.05) is 20.8 Å². The quantitative estimate of drug-likeness (QED) is 0.801. The van der Waals surface area contributed by atoms with E-state index in [-0.39, 0.29) is 6.10 Å². The second-order valence-electron chi connectivity index (χ2n) is 4.81. The van der Waals surface area contributed by atoms with Gasteiger partial charge in [-0.25, -0.2) is 0 Å². The molecule has 98 valence electrons. The Hall–Kier alpha value is -0.380. The minimum atomic E-state index is 0.231. The molecule has 0 saturated heterocycles. The number of hydrogen-bond acceptors (Lipinski definition) is 3. The summed E-state index contributed by atoms with van der Waals surface area (Å²) in [5, 5.41) is 5.79. The number of methoxy groups -OCH3 is 1. The molecule has 0 saturated carbocycles. The highest BCUT2D eigenvalue weighted by Gasteiger charge is 2.26. The predicted octanol–water partition coefficient (Wildman–Crippen LogP) is 3.77. The summed E-state index contributed by atoms with van der Waals surface area (Å²) >= 11 is 1.81. The molecule has 0 amide bonds. The number of rotatable bonds is 7. The van der Waals surface area contributed by atoms with E-state index >= 15 is 0 Å². The van der Waals surface area contributed by atoms with Crippen molar-refractivity contribution in [2.75, 3.05) is 13.7 Å². The molecule has 2 atom stereocenters. The van der Waals surface area contributed by atoms with Crippen molar-refractivity contribution in [3.05, 3.63) is 21.9 Å². The maximum Gasteiger partial charge on any atom is 0.0789 e. The molecule has 0 bridgehead atoms. The average molecular weight is 255 g/mol. The zero-order valence-corrected chi connectivity index (χ0v) is 12.4. The van der Waals surface area contributed by atoms with Gasteiger partial charge in [0.15, 0.2) is 0 Å². The Balaban J connectivity index is 2.90. The summed E-state index contributed by atoms with van der Waals surface area (Å²) in [7, 11) is 1.81. The Bertz CT molecular complexity index is 322. The van der Waals surface area contributed by atoms with Crippen molar-refractivity contribution in [3.63, 3.8) is 0 Å². The Labute approximate surface area is 109 Å². The third-order valence-electron chi connectivity index (χ3n) is 3.11. The molecule has 1 heterocycles. The molecule has 0 aliphatic carbocycles. The standard InChI is InChI=1S/C14H25NOS/c1-6-8-15-13(14(16-5)10(2)3)12-7-9-17-11(12)4/h7,9-10,13-15H,6,8H2,1-5H3. The Morgan fingerprint density at radius 2 is 2.12 bits per heavy atom. The van der Waals surface area contributed by atoms with Crippen LogP contribution in [-0.4, -0.2) is 19.8 Å². The van der Waals surface area contributed by atoms with Crippen LogP contribution in [0.15, 0.2) is 11.4 Å². The lowest BCUT2D eigenvalue weighted by atomic mass is 9.93. The zero-order chi connectivity index (χ0) is 12.8. The van der Waals surface area contributed by atoms with Gasteiger partial charge in [0.25, 0.3) is 0 Å². The highest BCUT2D eigenvalue weighted by atomic mass is 32.1. The predicted molar refractivity (Wildman–Crippen MR) is 75.7 cm³/mol. The number of thiophene rings is 1. The van der Waals surface area contributed by atoms with E-state index in [9.17, 15) is 0 Å². The van der Waals surface area contributed by atoms with Crippen molar-refractivity contribution in [3.8, 4) is 0 Å². The van der Waals surface area contributed by atoms with Gasteiger partial charge in [-0.2, -0.15) is 0 Å². The zero-order valence-electron chi connectivity index (χ0n) is 11.6. The largest absolute Gasteiger partial charge is 0.379 e. The molecule has 1 aromatic heterocycles. The molecule has 1 N–H and O–H groups in total. The summed E-state index contributed by atoms with van der Waals surface area (Å²) in [6, 6.07) is 2.54. The first kappa shape index (κ1) is 14.7. The van der Waals surface area contributed by atoms with Crippen LogP contribution in [0.2, 0.25) is 0 Å². The molecule has 0 radical (unpaired) electrons. The molecular formula is C14H25NOS. The van der Waals surface area contributed by atoms with Crippen molar-refractivity contribution in [2.24, 2.45) is 5.92 Å². The molecule has 1 rings (SSSR count). The molecule has 2 unspecified atom stereocenters. The third-order valence-corrected chi connectivity index (χ3v) is 3.97. The van der Waals surface area contributed by atoms with Crippen LogP contribution in [0.3, 0.4) is 0 Å². The van der Waals surface area contributed by atoms with E-state index in [1.807, 2.05) is 18.4 Å². The van der Waals surface area contributed by atoms with Crippen LogP contribution in [0.1, 0.15) is 43.7 Å². The summed E-state index contributed by atoms with van der Waals surface area (Å²) in [4.78, 5) is 1.39. The number of ether oxygens (including phenoxy) is 1. The summed E-state index contributed by atoms with van der Waals surface area (Å²) in [5.41, 5.74) is 1.39. The van der Waals surface area contributed by atoms with Gasteiger partial charge >= 0.3 is 0 Å². The van der Waals surface area contributed by atoms with Crippen LogP contribution in [0.25, 0.3) is 0 Å². The first-order valence-electron chi connectivity index (χ1n) is 6.42. The number of hydrogen-bond donors (Lipinski definition) is 1. The van der Waals surface area contributed by atoms with Gasteiger partial charge in [-0.3, -0.25) is 0 Å². The van der Waals surface area contributed by atoms with Gasteiger partial charge in [-0.05, 0) is 42.8 Å². The number of nitrogens with one attached hydrogen (secondary N) is 1. The van der Waals surface area contributed by atoms with Gasteiger partial charge in [0.2, 0.25) is 0 Å². The van der Waals surface area contributed by atoms with Crippen molar-refractivity contribution >= 4 is 11.3 Å². The summed E-state index contributed by atoms with van der Waals surface area (Å²) < 4.78 is 5.69. The van der Waals surface area contributed by atoms with Crippen molar-refractivity contribution in [1.29, 1.82) is 0 Å². The SMILES string of the molecule is CCCNC(c1ccsc1C)C(OC)C(C)C. The molecular weight excluding hydrogens is 230 g/mol. The Kier molecular flexibility index (Phi) is 6.17. The minimum Gasteiger partial charge on any atom is -0.379 e. The smallest absolute Gasteiger partial charge is 0.0789 e. The monoisotopic (exact) mass is 255 g/mol. The van der Waals surface area contributed by atoms with Crippen molar-refractivity contribution in [2.45, 2.75) is 46.3 Å². The second kappa shape index (κ2) is 7.14. The van der Waals surface area contributed by atoms with E-state index in [0.29, 0.717) is 12.0 Å². The first-order chi connectivity index (χ1) is 8.11. The highest BCUT2D eigenvalue weighted by Crippen LogP contribution is 2.29. The maximum absolute atomic E-state index is 5.69. The minimum absolute atomic E-state index is 0.231. The van der Waals surface area contributed by atoms with Crippen LogP contribution in [-0.2, 0) is 4.74 Å². The van der Waals surface area contributed by atoms with E-state index in [2.05, 4.69) is 44.5 Å². The molecule has 2 nitrogen and oxygen atoms in total. The first-order valence-corrected chi connectivity index (χ1v) is 7.29. The lowest BCUT2D eigenvalue weighted by Gasteiger charge is -2.30. The Morgan fingerprint density at radius 3 is 2.53 bits per heavy atom. The second-order valence-corrected chi connectivity index (χ2v) is 5.93. The molecule has 0 aliphatic heterocycles. The van der Waals surface area contributed by atoms with Crippen LogP contribution >= 0.6 is 11.3 Å². The highest BCUT2D eigenvalue weighted by molar-refractivity contribution is 7.10. The van der Waals surface area contributed by atoms with Gasteiger partial charge < -0.3 is 10.1 Å². The lowest BCUT2D eigenvalue weighted by molar-refractivity contribution is 0.0326. The van der Waals surface area contributed by atoms with E-state index in [1.54, 1.807) is 0 Å². The molecule has 17 heavy (non-hydrogen) atoms. The fourth-order valence-electron chi connectivity index (χ4n) is 2.21. The van der Waals surface area contributed by atoms with Crippen LogP contribution in [0.4, 0.5) is 0 Å². The summed E-state index contributed by atoms with van der Waals surface area (Å²) in [5.74, 6) is 0.508. The normalized spacial score (nSPS) is 15.2. The third kappa shape index (κ3) is 3.80. The fraction of sp³-hybridized carbons (Fsp3) is 0.714. The molecule has 0 aliphatic rings. The van der Waals surface area contributed by atoms with Crippen molar-refractivity contribution in [1.82, 2.24) is 5.32 Å². The summed E-state index contributed by atoms with van der Waals surface area (Å²) in [6.45, 7) is 9.86. The van der Waals surface area contributed by atoms with E-state index < -0.39 is 0 Å². The Morgan fingerprint density at radius 1 is 1.41 bits per heavy atom. The number of aryl methyl sites for hydroxylation is 1. The van der Waals surface area contributed by atoms with Crippen LogP contribution in [0.5, 0.6) is 0 Å². The lowest BCUT2D eigenvalue weighted by Crippen LogP contribution is -2.37.